The first kappa shape index (κ1) is 40.0. The summed E-state index contributed by atoms with van der Waals surface area (Å²) in [6.45, 7) is 3.41. The van der Waals surface area contributed by atoms with E-state index < -0.39 is 27.8 Å². The van der Waals surface area contributed by atoms with Crippen LogP contribution >= 0.6 is 46.4 Å². The Morgan fingerprint density at radius 2 is 0.882 bits per heavy atom. The Morgan fingerprint density at radius 3 is 0.912 bits per heavy atom. The summed E-state index contributed by atoms with van der Waals surface area (Å²) in [5.41, 5.74) is 0. The Morgan fingerprint density at radius 1 is 0.588 bits per heavy atom. The number of halogens is 4. The van der Waals surface area contributed by atoms with E-state index in [0.717, 1.165) is 19.3 Å². The zero-order chi connectivity index (χ0) is 28.0. The molecule has 4 aliphatic carbocycles. The lowest BCUT2D eigenvalue weighted by Crippen LogP contribution is -2.12. The molecule has 0 spiro atoms. The van der Waals surface area contributed by atoms with E-state index in [1.165, 1.54) is 51.7 Å². The Hall–Kier alpha value is -1.24. The Kier molecular flexibility index (Phi) is 29.2. The third kappa shape index (κ3) is 22.5. The highest BCUT2D eigenvalue weighted by molar-refractivity contribution is 6.15. The van der Waals surface area contributed by atoms with Gasteiger partial charge >= 0.3 is 0 Å². The van der Waals surface area contributed by atoms with Crippen LogP contribution in [0.15, 0.2) is 0 Å². The van der Waals surface area contributed by atoms with Gasteiger partial charge in [-0.2, -0.15) is 0 Å². The molecule has 4 aliphatic rings. The van der Waals surface area contributed by atoms with Crippen molar-refractivity contribution in [3.05, 3.63) is 40.5 Å². The summed E-state index contributed by atoms with van der Waals surface area (Å²) in [6, 6.07) is -2.28. The molecular formula is C18H36Cl4N4O8. The minimum Gasteiger partial charge on any atom is -0.264 e. The molecule has 0 aromatic rings. The van der Waals surface area contributed by atoms with Crippen LogP contribution in [0.25, 0.3) is 0 Å². The van der Waals surface area contributed by atoms with Gasteiger partial charge in [0, 0.05) is 70.4 Å². The van der Waals surface area contributed by atoms with Crippen LogP contribution in [0, 0.1) is 52.3 Å². The van der Waals surface area contributed by atoms with Crippen LogP contribution in [-0.2, 0) is 0 Å². The first-order chi connectivity index (χ1) is 16.1. The molecule has 0 aliphatic heterocycles. The van der Waals surface area contributed by atoms with Gasteiger partial charge in [-0.15, -0.1) is 46.4 Å². The average Bonchev–Trinajstić information content (AvgIpc) is 3.67. The van der Waals surface area contributed by atoms with E-state index in [2.05, 4.69) is 46.4 Å². The number of hydrogen-bond acceptors (Lipinski definition) is 8. The molecule has 0 amide bonds. The zero-order valence-electron chi connectivity index (χ0n) is 20.3. The molecule has 16 heteroatoms. The molecule has 4 rings (SSSR count). The van der Waals surface area contributed by atoms with Gasteiger partial charge in [-0.3, -0.25) is 40.5 Å². The average molecular weight is 578 g/mol. The van der Waals surface area contributed by atoms with Gasteiger partial charge in [0.05, 0.1) is 0 Å². The van der Waals surface area contributed by atoms with Gasteiger partial charge in [0.15, 0.2) is 0 Å². The summed E-state index contributed by atoms with van der Waals surface area (Å²) >= 11 is 18.6. The maximum atomic E-state index is 9.99. The number of alkyl halides is 4. The summed E-state index contributed by atoms with van der Waals surface area (Å²) < 4.78 is 0. The third-order valence-corrected chi connectivity index (χ3v) is 4.31. The molecule has 0 radical (unpaired) electrons. The normalized spacial score (nSPS) is 25.2. The third-order valence-electron chi connectivity index (χ3n) is 4.31. The molecule has 4 atom stereocenters. The highest BCUT2D eigenvalue weighted by Gasteiger charge is 2.67. The fraction of sp³-hybridized carbons (Fsp3) is 1.00. The SMILES string of the molecule is C1CC1.CC1C([N+](=O)[O-])C1[N+](=O)[O-].CC1CC1[N+](=O)[O-].CCl.CCl.CCl.CCl.O=[N+]([O-])C1CC1. The summed E-state index contributed by atoms with van der Waals surface area (Å²) in [6.07, 6.45) is 12.8. The summed E-state index contributed by atoms with van der Waals surface area (Å²) in [5, 5.41) is 39.3. The van der Waals surface area contributed by atoms with E-state index in [0.29, 0.717) is 5.92 Å². The van der Waals surface area contributed by atoms with Crippen molar-refractivity contribution in [2.75, 3.05) is 25.5 Å². The second kappa shape index (κ2) is 24.9. The first-order valence-corrected chi connectivity index (χ1v) is 13.1. The molecule has 0 bridgehead atoms. The maximum absolute atomic E-state index is 9.99. The van der Waals surface area contributed by atoms with Gasteiger partial charge in [0.1, 0.15) is 5.92 Å². The minimum absolute atomic E-state index is 0.176. The lowest BCUT2D eigenvalue weighted by molar-refractivity contribution is -0.558. The predicted octanol–water partition coefficient (Wildman–Crippen LogP) is 5.61. The Bertz CT molecular complexity index is 549. The molecule has 4 saturated carbocycles. The number of nitro groups is 4. The van der Waals surface area contributed by atoms with Gasteiger partial charge in [0.25, 0.3) is 12.1 Å². The van der Waals surface area contributed by atoms with Gasteiger partial charge in [-0.1, -0.05) is 26.2 Å². The summed E-state index contributed by atoms with van der Waals surface area (Å²) in [7, 11) is 0. The van der Waals surface area contributed by atoms with Crippen molar-refractivity contribution < 1.29 is 19.7 Å². The monoisotopic (exact) mass is 576 g/mol. The van der Waals surface area contributed by atoms with E-state index in [9.17, 15) is 40.5 Å². The molecule has 0 aromatic heterocycles. The van der Waals surface area contributed by atoms with Crippen LogP contribution in [0.1, 0.15) is 52.4 Å². The van der Waals surface area contributed by atoms with Crippen LogP contribution in [0.5, 0.6) is 0 Å². The highest BCUT2D eigenvalue weighted by Crippen LogP contribution is 2.35. The predicted molar refractivity (Wildman–Crippen MR) is 136 cm³/mol. The lowest BCUT2D eigenvalue weighted by Gasteiger charge is -1.83. The van der Waals surface area contributed by atoms with Gasteiger partial charge in [-0.05, 0) is 6.92 Å². The maximum Gasteiger partial charge on any atom is 0.288 e. The number of hydrogen-bond donors (Lipinski definition) is 0. The summed E-state index contributed by atoms with van der Waals surface area (Å²) in [5.74, 6) is -0.0556. The Labute approximate surface area is 220 Å². The van der Waals surface area contributed by atoms with Crippen LogP contribution in [-0.4, -0.2) is 69.4 Å². The largest absolute Gasteiger partial charge is 0.288 e. The smallest absolute Gasteiger partial charge is 0.264 e. The van der Waals surface area contributed by atoms with Gasteiger partial charge < -0.3 is 0 Å². The van der Waals surface area contributed by atoms with Crippen molar-refractivity contribution in [2.24, 2.45) is 11.8 Å². The number of rotatable bonds is 4. The Balaban J connectivity index is -0.000000167. The van der Waals surface area contributed by atoms with Crippen molar-refractivity contribution in [1.29, 1.82) is 0 Å². The lowest BCUT2D eigenvalue weighted by atomic mass is 10.5. The van der Waals surface area contributed by atoms with Crippen LogP contribution in [0.3, 0.4) is 0 Å². The molecule has 12 nitrogen and oxygen atoms in total. The highest BCUT2D eigenvalue weighted by atomic mass is 35.5. The van der Waals surface area contributed by atoms with E-state index >= 15 is 0 Å². The first-order valence-electron chi connectivity index (χ1n) is 10.1. The van der Waals surface area contributed by atoms with E-state index in [1.807, 2.05) is 6.92 Å². The quantitative estimate of drug-likeness (QED) is 0.235. The standard InChI is InChI=1S/C4H6N2O4.C4H7NO2.C3H5NO2.C3H6.4CH3Cl/c1-2-3(5(7)8)4(2)6(9)10;1-3-2-4(3)5(6)7;5-4(6)3-1-2-3;1-2-3-1;4*1-2/h2-4H,1H3;3-4H,2H2,1H3;3H,1-2H2;1-3H2;4*1H3. The fourth-order valence-electron chi connectivity index (χ4n) is 1.94. The van der Waals surface area contributed by atoms with Crippen molar-refractivity contribution in [3.8, 4) is 0 Å². The number of nitrogens with zero attached hydrogens (tertiary/aromatic N) is 4. The van der Waals surface area contributed by atoms with Crippen molar-refractivity contribution in [1.82, 2.24) is 0 Å². The van der Waals surface area contributed by atoms with Gasteiger partial charge in [-0.25, -0.2) is 0 Å². The molecule has 204 valence electrons. The van der Waals surface area contributed by atoms with E-state index in [-0.39, 0.29) is 21.9 Å². The molecule has 4 unspecified atom stereocenters. The summed E-state index contributed by atoms with van der Waals surface area (Å²) in [4.78, 5) is 37.7. The molecule has 0 N–H and O–H groups in total. The second-order valence-electron chi connectivity index (χ2n) is 7.05. The van der Waals surface area contributed by atoms with E-state index in [4.69, 9.17) is 0 Å². The molecule has 34 heavy (non-hydrogen) atoms. The molecule has 0 aromatic carbocycles. The van der Waals surface area contributed by atoms with Crippen molar-refractivity contribution in [3.63, 3.8) is 0 Å². The molecule has 0 heterocycles. The van der Waals surface area contributed by atoms with Crippen molar-refractivity contribution in [2.45, 2.75) is 76.5 Å². The molecule has 4 fully saturated rings. The second-order valence-corrected chi connectivity index (χ2v) is 7.05. The topological polar surface area (TPSA) is 173 Å². The molecular weight excluding hydrogens is 542 g/mol. The van der Waals surface area contributed by atoms with Gasteiger partial charge in [0.2, 0.25) is 12.1 Å². The van der Waals surface area contributed by atoms with Crippen molar-refractivity contribution >= 4 is 46.4 Å². The van der Waals surface area contributed by atoms with Crippen LogP contribution < -0.4 is 0 Å². The van der Waals surface area contributed by atoms with Crippen LogP contribution in [0.4, 0.5) is 0 Å². The zero-order valence-corrected chi connectivity index (χ0v) is 23.3. The molecule has 0 saturated heterocycles. The van der Waals surface area contributed by atoms with E-state index in [1.54, 1.807) is 0 Å². The van der Waals surface area contributed by atoms with Crippen LogP contribution in [0.2, 0.25) is 0 Å². The minimum atomic E-state index is -0.949. The fourth-order valence-corrected chi connectivity index (χ4v) is 1.94.